The number of methoxy groups -OCH3 is 2. The van der Waals surface area contributed by atoms with Crippen molar-refractivity contribution in [2.45, 2.75) is 46.0 Å². The van der Waals surface area contributed by atoms with E-state index in [1.54, 1.807) is 19.1 Å². The van der Waals surface area contributed by atoms with Gasteiger partial charge in [0.15, 0.2) is 17.3 Å². The Morgan fingerprint density at radius 1 is 0.968 bits per heavy atom. The van der Waals surface area contributed by atoms with Gasteiger partial charge < -0.3 is 9.47 Å². The number of carbonyl (C=O) groups excluding carboxylic acids is 2. The Bertz CT molecular complexity index is 1070. The maximum absolute atomic E-state index is 13.5. The summed E-state index contributed by atoms with van der Waals surface area (Å²) >= 11 is 0. The molecule has 0 unspecified atom stereocenters. The zero-order valence-corrected chi connectivity index (χ0v) is 18.8. The normalized spacial score (nSPS) is 20.5. The molecule has 0 fully saturated rings. The number of para-hydroxylation sites is 1. The molecule has 2 aromatic carbocycles. The van der Waals surface area contributed by atoms with Crippen molar-refractivity contribution in [2.75, 3.05) is 19.1 Å². The SMILES string of the molecule is COc1cccc([C@H]2CC(=O)N(c3ccc(C)cc3)C3=C2C(=O)CC(C)(C)C3)c1OC. The smallest absolute Gasteiger partial charge is 0.232 e. The van der Waals surface area contributed by atoms with Gasteiger partial charge in [-0.2, -0.15) is 0 Å². The first-order valence-corrected chi connectivity index (χ1v) is 10.6. The Morgan fingerprint density at radius 2 is 1.68 bits per heavy atom. The predicted octanol–water partition coefficient (Wildman–Crippen LogP) is 5.18. The highest BCUT2D eigenvalue weighted by Gasteiger charge is 2.45. The maximum Gasteiger partial charge on any atom is 0.232 e. The predicted molar refractivity (Wildman–Crippen MR) is 121 cm³/mol. The molecule has 31 heavy (non-hydrogen) atoms. The molecule has 4 rings (SSSR count). The second-order valence-corrected chi connectivity index (χ2v) is 9.21. The van der Waals surface area contributed by atoms with Crippen LogP contribution < -0.4 is 14.4 Å². The number of nitrogens with zero attached hydrogens (tertiary/aromatic N) is 1. The van der Waals surface area contributed by atoms with Crippen LogP contribution in [0, 0.1) is 12.3 Å². The first-order valence-electron chi connectivity index (χ1n) is 10.6. The first-order chi connectivity index (χ1) is 14.8. The van der Waals surface area contributed by atoms with Crippen molar-refractivity contribution in [1.29, 1.82) is 0 Å². The van der Waals surface area contributed by atoms with Crippen LogP contribution in [-0.4, -0.2) is 25.9 Å². The lowest BCUT2D eigenvalue weighted by Gasteiger charge is -2.43. The van der Waals surface area contributed by atoms with E-state index < -0.39 is 0 Å². The summed E-state index contributed by atoms with van der Waals surface area (Å²) < 4.78 is 11.1. The average molecular weight is 420 g/mol. The third kappa shape index (κ3) is 3.73. The monoisotopic (exact) mass is 419 g/mol. The molecule has 1 amide bonds. The number of ketones is 1. The fourth-order valence-electron chi connectivity index (χ4n) is 4.86. The molecule has 0 aromatic heterocycles. The van der Waals surface area contributed by atoms with Gasteiger partial charge in [0.1, 0.15) is 0 Å². The highest BCUT2D eigenvalue weighted by atomic mass is 16.5. The summed E-state index contributed by atoms with van der Waals surface area (Å²) in [6.07, 6.45) is 1.34. The van der Waals surface area contributed by atoms with Crippen molar-refractivity contribution in [3.05, 3.63) is 64.9 Å². The minimum absolute atomic E-state index is 0.0111. The minimum atomic E-state index is -0.349. The Labute approximate surface area is 183 Å². The largest absolute Gasteiger partial charge is 0.493 e. The molecule has 5 nitrogen and oxygen atoms in total. The number of rotatable bonds is 4. The van der Waals surface area contributed by atoms with E-state index in [4.69, 9.17) is 9.47 Å². The molecule has 0 saturated carbocycles. The minimum Gasteiger partial charge on any atom is -0.493 e. The van der Waals surface area contributed by atoms with Crippen LogP contribution in [0.2, 0.25) is 0 Å². The van der Waals surface area contributed by atoms with Crippen LogP contribution in [0.4, 0.5) is 5.69 Å². The molecule has 2 aliphatic rings. The summed E-state index contributed by atoms with van der Waals surface area (Å²) in [5.74, 6) is 0.918. The van der Waals surface area contributed by atoms with Crippen LogP contribution in [-0.2, 0) is 9.59 Å². The van der Waals surface area contributed by atoms with E-state index >= 15 is 0 Å². The molecule has 1 aliphatic heterocycles. The van der Waals surface area contributed by atoms with E-state index in [2.05, 4.69) is 13.8 Å². The number of amides is 1. The number of carbonyl (C=O) groups is 2. The van der Waals surface area contributed by atoms with Gasteiger partial charge in [-0.3, -0.25) is 14.5 Å². The molecule has 5 heteroatoms. The summed E-state index contributed by atoms with van der Waals surface area (Å²) in [5.41, 5.74) is 4.09. The molecule has 162 valence electrons. The lowest BCUT2D eigenvalue weighted by molar-refractivity contribution is -0.121. The number of Topliss-reactive ketones (excluding diaryl/α,β-unsaturated/α-hetero) is 1. The number of ether oxygens (including phenoxy) is 2. The molecule has 1 aliphatic carbocycles. The molecule has 0 N–H and O–H groups in total. The van der Waals surface area contributed by atoms with Gasteiger partial charge in [0, 0.05) is 41.3 Å². The van der Waals surface area contributed by atoms with Crippen LogP contribution in [0.1, 0.15) is 50.2 Å². The van der Waals surface area contributed by atoms with E-state index in [1.165, 1.54) is 0 Å². The number of hydrogen-bond acceptors (Lipinski definition) is 4. The standard InChI is InChI=1S/C26H29NO4/c1-16-9-11-17(12-10-16)27-20-14-26(2,3)15-21(28)24(20)19(13-23(27)29)18-7-6-8-22(30-4)25(18)31-5/h6-12,19H,13-15H2,1-5H3/t19-/m1/s1. The summed E-state index contributed by atoms with van der Waals surface area (Å²) in [6, 6.07) is 13.5. The number of aryl methyl sites for hydroxylation is 1. The van der Waals surface area contributed by atoms with Crippen molar-refractivity contribution < 1.29 is 19.1 Å². The number of hydrogen-bond donors (Lipinski definition) is 0. The molecule has 2 aromatic rings. The average Bonchev–Trinajstić information content (AvgIpc) is 2.72. The van der Waals surface area contributed by atoms with Crippen molar-refractivity contribution in [3.8, 4) is 11.5 Å². The fraction of sp³-hybridized carbons (Fsp3) is 0.385. The molecule has 0 saturated heterocycles. The highest BCUT2D eigenvalue weighted by Crippen LogP contribution is 2.50. The third-order valence-corrected chi connectivity index (χ3v) is 6.24. The van der Waals surface area contributed by atoms with Gasteiger partial charge in [0.2, 0.25) is 5.91 Å². The van der Waals surface area contributed by atoms with Crippen molar-refractivity contribution in [3.63, 3.8) is 0 Å². The zero-order chi connectivity index (χ0) is 22.3. The van der Waals surface area contributed by atoms with Crippen LogP contribution in [0.25, 0.3) is 0 Å². The third-order valence-electron chi connectivity index (χ3n) is 6.24. The van der Waals surface area contributed by atoms with E-state index in [0.29, 0.717) is 24.3 Å². The van der Waals surface area contributed by atoms with Crippen LogP contribution in [0.15, 0.2) is 53.7 Å². The van der Waals surface area contributed by atoms with Crippen molar-refractivity contribution >= 4 is 17.4 Å². The topological polar surface area (TPSA) is 55.8 Å². The summed E-state index contributed by atoms with van der Waals surface area (Å²) in [7, 11) is 3.18. The Balaban J connectivity index is 1.93. The lowest BCUT2D eigenvalue weighted by atomic mass is 9.69. The van der Waals surface area contributed by atoms with Crippen LogP contribution in [0.5, 0.6) is 11.5 Å². The Kier molecular flexibility index (Phi) is 5.38. The fourth-order valence-corrected chi connectivity index (χ4v) is 4.86. The molecule has 0 spiro atoms. The van der Waals surface area contributed by atoms with Gasteiger partial charge in [-0.05, 0) is 37.0 Å². The first kappa shape index (κ1) is 21.2. The Morgan fingerprint density at radius 3 is 2.32 bits per heavy atom. The second-order valence-electron chi connectivity index (χ2n) is 9.21. The molecule has 1 heterocycles. The molecule has 1 atom stereocenters. The molecule has 0 radical (unpaired) electrons. The summed E-state index contributed by atoms with van der Waals surface area (Å²) in [4.78, 5) is 28.7. The van der Waals surface area contributed by atoms with Gasteiger partial charge in [-0.15, -0.1) is 0 Å². The highest BCUT2D eigenvalue weighted by molar-refractivity contribution is 6.08. The number of benzene rings is 2. The van der Waals surface area contributed by atoms with Gasteiger partial charge in [-0.25, -0.2) is 0 Å². The maximum atomic E-state index is 13.5. The van der Waals surface area contributed by atoms with Gasteiger partial charge in [0.05, 0.1) is 14.2 Å². The summed E-state index contributed by atoms with van der Waals surface area (Å²) in [5, 5.41) is 0. The van der Waals surface area contributed by atoms with Gasteiger partial charge >= 0.3 is 0 Å². The van der Waals surface area contributed by atoms with Crippen molar-refractivity contribution in [2.24, 2.45) is 5.41 Å². The van der Waals surface area contributed by atoms with Crippen LogP contribution >= 0.6 is 0 Å². The zero-order valence-electron chi connectivity index (χ0n) is 18.8. The van der Waals surface area contributed by atoms with Gasteiger partial charge in [0.25, 0.3) is 0 Å². The van der Waals surface area contributed by atoms with E-state index in [1.807, 2.05) is 49.4 Å². The molecular formula is C26H29NO4. The quantitative estimate of drug-likeness (QED) is 0.686. The van der Waals surface area contributed by atoms with E-state index in [9.17, 15) is 9.59 Å². The van der Waals surface area contributed by atoms with Crippen molar-refractivity contribution in [1.82, 2.24) is 0 Å². The van der Waals surface area contributed by atoms with E-state index in [-0.39, 0.29) is 29.4 Å². The lowest BCUT2D eigenvalue weighted by Crippen LogP contribution is -2.43. The Hall–Kier alpha value is -3.08. The van der Waals surface area contributed by atoms with E-state index in [0.717, 1.165) is 28.1 Å². The number of allylic oxidation sites excluding steroid dienone is 2. The molecular weight excluding hydrogens is 390 g/mol. The van der Waals surface area contributed by atoms with Gasteiger partial charge in [-0.1, -0.05) is 43.7 Å². The molecule has 0 bridgehead atoms. The summed E-state index contributed by atoms with van der Waals surface area (Å²) in [6.45, 7) is 6.19. The number of anilines is 1. The van der Waals surface area contributed by atoms with Crippen LogP contribution in [0.3, 0.4) is 0 Å². The second kappa shape index (κ2) is 7.88.